The second kappa shape index (κ2) is 9.30. The van der Waals surface area contributed by atoms with Crippen molar-refractivity contribution in [2.75, 3.05) is 18.0 Å². The topological polar surface area (TPSA) is 192 Å². The van der Waals surface area contributed by atoms with Crippen LogP contribution in [0.5, 0.6) is 0 Å². The normalized spacial score (nSPS) is 22.3. The van der Waals surface area contributed by atoms with Gasteiger partial charge in [-0.15, -0.1) is 5.10 Å². The third-order valence-electron chi connectivity index (χ3n) is 5.27. The summed E-state index contributed by atoms with van der Waals surface area (Å²) in [5.74, 6) is -0.0731. The number of para-hydroxylation sites is 1. The summed E-state index contributed by atoms with van der Waals surface area (Å²) in [4.78, 5) is 24.6. The van der Waals surface area contributed by atoms with Gasteiger partial charge in [-0.05, 0) is 22.6 Å². The Kier molecular flexibility index (Phi) is 6.06. The minimum atomic E-state index is -1.26. The highest BCUT2D eigenvalue weighted by molar-refractivity contribution is 7.99. The molecule has 14 nitrogen and oxygen atoms in total. The van der Waals surface area contributed by atoms with Crippen LogP contribution in [0.25, 0.3) is 16.9 Å². The first-order valence-corrected chi connectivity index (χ1v) is 11.2. The van der Waals surface area contributed by atoms with Crippen molar-refractivity contribution in [2.24, 2.45) is 0 Å². The third-order valence-corrected chi connectivity index (χ3v) is 6.19. The fraction of sp³-hybridized carbons (Fsp3) is 0.316. The molecule has 0 radical (unpaired) electrons. The molecule has 1 aliphatic heterocycles. The maximum Gasteiger partial charge on any atom is 0.230 e. The number of rotatable bonds is 7. The Balaban J connectivity index is 1.18. The Labute approximate surface area is 196 Å². The number of carbonyl (C=O) groups excluding carboxylic acids is 1. The molecule has 0 bridgehead atoms. The predicted molar refractivity (Wildman–Crippen MR) is 119 cm³/mol. The summed E-state index contributed by atoms with van der Waals surface area (Å²) in [5.41, 5.74) is 7.30. The summed E-state index contributed by atoms with van der Waals surface area (Å²) in [6.07, 6.45) is -1.62. The van der Waals surface area contributed by atoms with Crippen LogP contribution in [0, 0.1) is 0 Å². The summed E-state index contributed by atoms with van der Waals surface area (Å²) in [6, 6.07) is 9.31. The summed E-state index contributed by atoms with van der Waals surface area (Å²) < 4.78 is 8.83. The molecule has 4 aromatic rings. The van der Waals surface area contributed by atoms with E-state index in [1.165, 1.54) is 33.7 Å². The van der Waals surface area contributed by atoms with Crippen LogP contribution in [-0.2, 0) is 9.53 Å². The number of carbonyl (C=O) groups is 1. The van der Waals surface area contributed by atoms with Crippen molar-refractivity contribution in [1.29, 1.82) is 0 Å². The van der Waals surface area contributed by atoms with E-state index in [1.807, 2.05) is 30.3 Å². The SMILES string of the molecule is Nc1ncnc2c1ncn2[C@@H]1O[C@H](CNC(=O)CSc2nnnn2-c2ccccc2)[C@@H](O)[C@H]1O. The molecule has 0 spiro atoms. The van der Waals surface area contributed by atoms with Crippen LogP contribution in [0.1, 0.15) is 6.23 Å². The fourth-order valence-electron chi connectivity index (χ4n) is 3.58. The number of amides is 1. The number of thioether (sulfide) groups is 1. The second-order valence-corrected chi connectivity index (χ2v) is 8.37. The molecule has 1 amide bonds. The van der Waals surface area contributed by atoms with Crippen LogP contribution in [0.2, 0.25) is 0 Å². The van der Waals surface area contributed by atoms with Gasteiger partial charge in [0, 0.05) is 6.54 Å². The van der Waals surface area contributed by atoms with E-state index in [1.54, 1.807) is 0 Å². The maximum absolute atomic E-state index is 12.4. The van der Waals surface area contributed by atoms with Crippen LogP contribution in [-0.4, -0.2) is 86.5 Å². The first-order valence-electron chi connectivity index (χ1n) is 10.2. The van der Waals surface area contributed by atoms with Crippen molar-refractivity contribution in [3.8, 4) is 5.69 Å². The number of imidazole rings is 1. The molecular weight excluding hydrogens is 464 g/mol. The highest BCUT2D eigenvalue weighted by atomic mass is 32.2. The number of benzene rings is 1. The molecule has 5 N–H and O–H groups in total. The summed E-state index contributed by atoms with van der Waals surface area (Å²) in [6.45, 7) is -0.0124. The van der Waals surface area contributed by atoms with Gasteiger partial charge in [0.05, 0.1) is 17.8 Å². The number of aliphatic hydroxyl groups is 2. The Morgan fingerprint density at radius 1 is 1.18 bits per heavy atom. The minimum absolute atomic E-state index is 0.0124. The van der Waals surface area contributed by atoms with E-state index in [-0.39, 0.29) is 24.0 Å². The number of nitrogens with zero attached hydrogens (tertiary/aromatic N) is 8. The quantitative estimate of drug-likeness (QED) is 0.232. The number of nitrogen functional groups attached to an aromatic ring is 1. The van der Waals surface area contributed by atoms with Crippen LogP contribution in [0.4, 0.5) is 5.82 Å². The minimum Gasteiger partial charge on any atom is -0.387 e. The van der Waals surface area contributed by atoms with Crippen molar-refractivity contribution in [3.05, 3.63) is 43.0 Å². The van der Waals surface area contributed by atoms with Gasteiger partial charge in [0.2, 0.25) is 11.1 Å². The number of ether oxygens (including phenoxy) is 1. The number of hydrogen-bond donors (Lipinski definition) is 4. The lowest BCUT2D eigenvalue weighted by Crippen LogP contribution is -2.40. The number of fused-ring (bicyclic) bond motifs is 1. The Morgan fingerprint density at radius 3 is 2.82 bits per heavy atom. The number of anilines is 1. The van der Waals surface area contributed by atoms with Crippen molar-refractivity contribution in [2.45, 2.75) is 29.7 Å². The molecule has 1 aliphatic rings. The van der Waals surface area contributed by atoms with Gasteiger partial charge in [-0.3, -0.25) is 9.36 Å². The molecule has 176 valence electrons. The number of aliphatic hydroxyl groups excluding tert-OH is 2. The van der Waals surface area contributed by atoms with Crippen LogP contribution in [0.15, 0.2) is 48.1 Å². The zero-order valence-corrected chi connectivity index (χ0v) is 18.4. The standard InChI is InChI=1S/C19H20N10O4S/c20-16-13-17(23-8-22-16)28(9-24-13)18-15(32)14(31)11(33-18)6-21-12(30)7-34-19-25-26-27-29(19)10-4-2-1-3-5-10/h1-5,8-9,11,14-15,18,31-32H,6-7H2,(H,21,30)(H2,20,22,23)/t11-,14-,15-,18-/m1/s1. The van der Waals surface area contributed by atoms with E-state index in [0.717, 1.165) is 5.69 Å². The monoisotopic (exact) mass is 484 g/mol. The van der Waals surface area contributed by atoms with Gasteiger partial charge in [-0.2, -0.15) is 4.68 Å². The second-order valence-electron chi connectivity index (χ2n) is 7.43. The zero-order chi connectivity index (χ0) is 23.7. The van der Waals surface area contributed by atoms with Gasteiger partial charge in [-0.25, -0.2) is 15.0 Å². The Bertz CT molecular complexity index is 1300. The van der Waals surface area contributed by atoms with E-state index in [0.29, 0.717) is 16.3 Å². The molecule has 4 atom stereocenters. The van der Waals surface area contributed by atoms with E-state index in [4.69, 9.17) is 10.5 Å². The van der Waals surface area contributed by atoms with Crippen LogP contribution >= 0.6 is 11.8 Å². The van der Waals surface area contributed by atoms with Crippen molar-refractivity contribution >= 4 is 34.7 Å². The summed E-state index contributed by atoms with van der Waals surface area (Å²) in [7, 11) is 0. The molecule has 1 aromatic carbocycles. The van der Waals surface area contributed by atoms with Crippen LogP contribution < -0.4 is 11.1 Å². The van der Waals surface area contributed by atoms with Gasteiger partial charge in [0.1, 0.15) is 30.2 Å². The lowest BCUT2D eigenvalue weighted by Gasteiger charge is -2.16. The molecule has 0 aliphatic carbocycles. The average Bonchev–Trinajstić information content (AvgIpc) is 3.56. The van der Waals surface area contributed by atoms with Gasteiger partial charge in [-0.1, -0.05) is 30.0 Å². The molecule has 1 saturated heterocycles. The van der Waals surface area contributed by atoms with Gasteiger partial charge in [0.15, 0.2) is 17.7 Å². The van der Waals surface area contributed by atoms with E-state index in [2.05, 4.69) is 35.8 Å². The number of nitrogens with two attached hydrogens (primary N) is 1. The van der Waals surface area contributed by atoms with Crippen molar-refractivity contribution in [1.82, 2.24) is 45.0 Å². The third kappa shape index (κ3) is 4.16. The molecule has 0 saturated carbocycles. The van der Waals surface area contributed by atoms with Crippen molar-refractivity contribution < 1.29 is 19.7 Å². The smallest absolute Gasteiger partial charge is 0.230 e. The van der Waals surface area contributed by atoms with E-state index >= 15 is 0 Å². The lowest BCUT2D eigenvalue weighted by molar-refractivity contribution is -0.119. The molecule has 1 fully saturated rings. The molecule has 0 unspecified atom stereocenters. The van der Waals surface area contributed by atoms with Gasteiger partial charge < -0.3 is 26.0 Å². The number of hydrogen-bond acceptors (Lipinski definition) is 12. The van der Waals surface area contributed by atoms with Gasteiger partial charge in [0.25, 0.3) is 0 Å². The lowest BCUT2D eigenvalue weighted by atomic mass is 10.1. The molecule has 3 aromatic heterocycles. The molecule has 34 heavy (non-hydrogen) atoms. The first-order chi connectivity index (χ1) is 16.5. The largest absolute Gasteiger partial charge is 0.387 e. The number of tetrazole rings is 1. The maximum atomic E-state index is 12.4. The molecule has 15 heteroatoms. The highest BCUT2D eigenvalue weighted by Crippen LogP contribution is 2.31. The van der Waals surface area contributed by atoms with Crippen molar-refractivity contribution in [3.63, 3.8) is 0 Å². The summed E-state index contributed by atoms with van der Waals surface area (Å²) in [5, 5.41) is 35.7. The predicted octanol–water partition coefficient (Wildman–Crippen LogP) is -1.09. The van der Waals surface area contributed by atoms with E-state index in [9.17, 15) is 15.0 Å². The number of nitrogens with one attached hydrogen (secondary N) is 1. The van der Waals surface area contributed by atoms with E-state index < -0.39 is 24.5 Å². The number of aromatic nitrogens is 8. The summed E-state index contributed by atoms with van der Waals surface area (Å²) >= 11 is 1.17. The molecular formula is C19H20N10O4S. The first kappa shape index (κ1) is 22.1. The highest BCUT2D eigenvalue weighted by Gasteiger charge is 2.44. The van der Waals surface area contributed by atoms with Gasteiger partial charge >= 0.3 is 0 Å². The Hall–Kier alpha value is -3.66. The average molecular weight is 485 g/mol. The molecule has 4 heterocycles. The van der Waals surface area contributed by atoms with Crippen LogP contribution in [0.3, 0.4) is 0 Å². The Morgan fingerprint density at radius 2 is 2.00 bits per heavy atom. The zero-order valence-electron chi connectivity index (χ0n) is 17.5. The molecule has 5 rings (SSSR count). The fourth-order valence-corrected chi connectivity index (χ4v) is 4.30.